The first-order chi connectivity index (χ1) is 30.2. The van der Waals surface area contributed by atoms with E-state index >= 15 is 0 Å². The molecule has 2 rings (SSSR count). The number of rotatable bonds is 35. The first-order valence-corrected chi connectivity index (χ1v) is 22.8. The van der Waals surface area contributed by atoms with Crippen LogP contribution >= 0.6 is 0 Å². The van der Waals surface area contributed by atoms with Crippen molar-refractivity contribution in [2.75, 3.05) is 86.1 Å². The Morgan fingerprint density at radius 3 is 2.02 bits per heavy atom. The Morgan fingerprint density at radius 1 is 0.762 bits per heavy atom. The standard InChI is InChI=1S/C43H79N9O11/c1-30(2)38(42(57)48-33(40(55)31(3)4)14-12-19-47-43(44)58)49-41(56)34(45-6)13-10-11-18-46-37(54)29-63-36-16-9-7-8-15-35-39(36)50-51-52(35)20-22-60-24-26-62-28-27-61-25-23-59-21-17-32(5)53/h30-31,33-34,36,38,45,50-51H,7-29H2,1-6H3,(H,46,54)(H,48,57)(H,49,56)(H3,44,47,58)/t33-,34+,36?,38-/m0/s1. The largest absolute Gasteiger partial charge is 0.379 e. The van der Waals surface area contributed by atoms with Crippen LogP contribution in [0.4, 0.5) is 4.79 Å². The van der Waals surface area contributed by atoms with Crippen molar-refractivity contribution in [3.8, 4) is 0 Å². The number of allylic oxidation sites excluding steroid dienone is 1. The number of hydrazine groups is 2. The third kappa shape index (κ3) is 23.5. The van der Waals surface area contributed by atoms with Gasteiger partial charge in [0.2, 0.25) is 17.7 Å². The highest BCUT2D eigenvalue weighted by Gasteiger charge is 2.32. The van der Waals surface area contributed by atoms with Crippen LogP contribution < -0.4 is 43.3 Å². The first kappa shape index (κ1) is 55.2. The van der Waals surface area contributed by atoms with Gasteiger partial charge in [-0.2, -0.15) is 0 Å². The Morgan fingerprint density at radius 2 is 1.40 bits per heavy atom. The second-order valence-electron chi connectivity index (χ2n) is 16.5. The van der Waals surface area contributed by atoms with Gasteiger partial charge in [-0.05, 0) is 71.3 Å². The molecule has 1 unspecified atom stereocenters. The monoisotopic (exact) mass is 898 g/mol. The minimum atomic E-state index is -0.868. The SMILES string of the molecule is CN[C@H](CCCCNC(=O)COC1CCCCCC2=C1NNN2CCOCCOCCOCCOCCC(C)=O)C(=O)N[C@H](C(=O)N[C@@H](CCCNC(N)=O)C(=O)C(C)C)C(C)C. The smallest absolute Gasteiger partial charge is 0.312 e. The molecule has 20 heteroatoms. The van der Waals surface area contributed by atoms with E-state index in [2.05, 4.69) is 37.5 Å². The van der Waals surface area contributed by atoms with Gasteiger partial charge in [0.15, 0.2) is 5.78 Å². The highest BCUT2D eigenvalue weighted by Crippen LogP contribution is 2.28. The molecule has 5 amide bonds. The van der Waals surface area contributed by atoms with Crippen LogP contribution in [0.5, 0.6) is 0 Å². The molecule has 0 bridgehead atoms. The number of hydrogen-bond donors (Lipinski definition) is 8. The lowest BCUT2D eigenvalue weighted by Crippen LogP contribution is -2.57. The van der Waals surface area contributed by atoms with E-state index in [0.717, 1.165) is 43.5 Å². The molecule has 20 nitrogen and oxygen atoms in total. The van der Waals surface area contributed by atoms with Gasteiger partial charge in [-0.25, -0.2) is 4.79 Å². The van der Waals surface area contributed by atoms with Crippen LogP contribution in [0.3, 0.4) is 0 Å². The van der Waals surface area contributed by atoms with Gasteiger partial charge < -0.3 is 61.4 Å². The molecule has 2 aliphatic rings. The second-order valence-corrected chi connectivity index (χ2v) is 16.5. The van der Waals surface area contributed by atoms with Gasteiger partial charge in [0, 0.05) is 25.4 Å². The minimum Gasteiger partial charge on any atom is -0.379 e. The van der Waals surface area contributed by atoms with E-state index in [4.69, 9.17) is 29.4 Å². The Kier molecular flexibility index (Phi) is 28.7. The summed E-state index contributed by atoms with van der Waals surface area (Å²) in [6.07, 6.45) is 7.45. The normalized spacial score (nSPS) is 16.7. The number of ketones is 2. The molecule has 1 aliphatic carbocycles. The average molecular weight is 898 g/mol. The third-order valence-corrected chi connectivity index (χ3v) is 10.6. The van der Waals surface area contributed by atoms with Crippen LogP contribution in [0, 0.1) is 11.8 Å². The zero-order chi connectivity index (χ0) is 46.4. The molecule has 0 saturated heterocycles. The fourth-order valence-electron chi connectivity index (χ4n) is 6.97. The van der Waals surface area contributed by atoms with Gasteiger partial charge >= 0.3 is 6.03 Å². The maximum atomic E-state index is 13.4. The number of nitrogens with two attached hydrogens (primary N) is 1. The Hall–Kier alpha value is -3.92. The number of nitrogens with zero attached hydrogens (tertiary/aromatic N) is 1. The summed E-state index contributed by atoms with van der Waals surface area (Å²) in [5, 5.41) is 16.2. The number of primary amides is 1. The van der Waals surface area contributed by atoms with Gasteiger partial charge in [0.05, 0.1) is 82.9 Å². The Labute approximate surface area is 374 Å². The summed E-state index contributed by atoms with van der Waals surface area (Å²) >= 11 is 0. The van der Waals surface area contributed by atoms with Crippen LogP contribution in [0.2, 0.25) is 0 Å². The number of nitrogens with one attached hydrogen (secondary N) is 7. The summed E-state index contributed by atoms with van der Waals surface area (Å²) < 4.78 is 28.3. The fourth-order valence-corrected chi connectivity index (χ4v) is 6.97. The number of hydrogen-bond acceptors (Lipinski definition) is 15. The number of amides is 5. The number of likely N-dealkylation sites (N-methyl/N-ethyl adjacent to an activating group) is 1. The Bertz CT molecular complexity index is 1420. The molecule has 63 heavy (non-hydrogen) atoms. The highest BCUT2D eigenvalue weighted by molar-refractivity contribution is 5.94. The Balaban J connectivity index is 1.71. The number of Topliss-reactive ketones (excluding diaryl/α,β-unsaturated/α-hetero) is 2. The van der Waals surface area contributed by atoms with E-state index in [1.807, 2.05) is 18.9 Å². The molecule has 1 aliphatic heterocycles. The summed E-state index contributed by atoms with van der Waals surface area (Å²) in [4.78, 5) is 74.4. The first-order valence-electron chi connectivity index (χ1n) is 22.8. The van der Waals surface area contributed by atoms with Crippen molar-refractivity contribution in [2.45, 2.75) is 129 Å². The van der Waals surface area contributed by atoms with E-state index in [0.29, 0.717) is 104 Å². The number of carbonyl (C=O) groups excluding carboxylic acids is 6. The topological polar surface area (TPSA) is 262 Å². The molecule has 4 atom stereocenters. The average Bonchev–Trinajstić information content (AvgIpc) is 3.62. The van der Waals surface area contributed by atoms with E-state index < -0.39 is 30.1 Å². The summed E-state index contributed by atoms with van der Waals surface area (Å²) in [5.41, 5.74) is 13.7. The maximum absolute atomic E-state index is 13.4. The molecule has 9 N–H and O–H groups in total. The maximum Gasteiger partial charge on any atom is 0.312 e. The zero-order valence-corrected chi connectivity index (χ0v) is 38.7. The zero-order valence-electron chi connectivity index (χ0n) is 38.7. The molecule has 362 valence electrons. The predicted octanol–water partition coefficient (Wildman–Crippen LogP) is 1.09. The van der Waals surface area contributed by atoms with Gasteiger partial charge in [-0.3, -0.25) is 29.0 Å². The van der Waals surface area contributed by atoms with Gasteiger partial charge in [0.25, 0.3) is 0 Å². The van der Waals surface area contributed by atoms with Crippen molar-refractivity contribution in [3.63, 3.8) is 0 Å². The van der Waals surface area contributed by atoms with Gasteiger partial charge in [-0.1, -0.05) is 40.5 Å². The third-order valence-electron chi connectivity index (χ3n) is 10.6. The summed E-state index contributed by atoms with van der Waals surface area (Å²) in [6, 6.07) is -2.87. The molecule has 0 saturated carbocycles. The molecule has 0 fully saturated rings. The number of unbranched alkanes of at least 4 members (excludes halogenated alkanes) is 1. The minimum absolute atomic E-state index is 0.0831. The molecular weight excluding hydrogens is 819 g/mol. The molecule has 0 aromatic carbocycles. The lowest BCUT2D eigenvalue weighted by molar-refractivity contribution is -0.133. The van der Waals surface area contributed by atoms with E-state index in [-0.39, 0.29) is 54.5 Å². The molecular formula is C43H79N9O11. The van der Waals surface area contributed by atoms with Crippen molar-refractivity contribution in [3.05, 3.63) is 11.4 Å². The van der Waals surface area contributed by atoms with Crippen LogP contribution in [0.15, 0.2) is 11.4 Å². The van der Waals surface area contributed by atoms with E-state index in [1.54, 1.807) is 27.8 Å². The van der Waals surface area contributed by atoms with Gasteiger partial charge in [-0.15, -0.1) is 5.53 Å². The van der Waals surface area contributed by atoms with Crippen molar-refractivity contribution in [1.29, 1.82) is 0 Å². The van der Waals surface area contributed by atoms with E-state index in [1.165, 1.54) is 0 Å². The predicted molar refractivity (Wildman–Crippen MR) is 236 cm³/mol. The van der Waals surface area contributed by atoms with Crippen molar-refractivity contribution >= 4 is 35.3 Å². The quantitative estimate of drug-likeness (QED) is 0.0414. The second kappa shape index (κ2) is 32.7. The van der Waals surface area contributed by atoms with E-state index in [9.17, 15) is 28.8 Å². The van der Waals surface area contributed by atoms with Crippen LogP contribution in [0.25, 0.3) is 0 Å². The number of urea groups is 1. The van der Waals surface area contributed by atoms with Crippen molar-refractivity contribution < 1.29 is 52.5 Å². The molecule has 0 spiro atoms. The summed E-state index contributed by atoms with van der Waals surface area (Å²) in [7, 11) is 1.68. The highest BCUT2D eigenvalue weighted by atomic mass is 16.6. The van der Waals surface area contributed by atoms with Gasteiger partial charge in [0.1, 0.15) is 24.5 Å². The fraction of sp³-hybridized carbons (Fsp3) is 0.814. The summed E-state index contributed by atoms with van der Waals surface area (Å²) in [6.45, 7) is 13.6. The lowest BCUT2D eigenvalue weighted by Gasteiger charge is -2.27. The molecule has 0 aromatic rings. The van der Waals surface area contributed by atoms with Crippen LogP contribution in [-0.4, -0.2) is 151 Å². The summed E-state index contributed by atoms with van der Waals surface area (Å²) in [5.74, 6) is -1.60. The molecule has 0 radical (unpaired) electrons. The van der Waals surface area contributed by atoms with Crippen LogP contribution in [0.1, 0.15) is 105 Å². The lowest BCUT2D eigenvalue weighted by atomic mass is 9.96. The van der Waals surface area contributed by atoms with Crippen molar-refractivity contribution in [1.82, 2.24) is 42.6 Å². The van der Waals surface area contributed by atoms with Crippen LogP contribution in [-0.2, 0) is 47.7 Å². The molecule has 0 aromatic heterocycles. The molecule has 1 heterocycles. The number of ether oxygens (including phenoxy) is 5. The van der Waals surface area contributed by atoms with Crippen molar-refractivity contribution in [2.24, 2.45) is 17.6 Å². The number of carbonyl (C=O) groups is 6.